The molecule has 0 spiro atoms. The van der Waals surface area contributed by atoms with E-state index >= 15 is 0 Å². The second-order valence-electron chi connectivity index (χ2n) is 4.12. The quantitative estimate of drug-likeness (QED) is 0.471. The first-order valence-corrected chi connectivity index (χ1v) is 5.39. The van der Waals surface area contributed by atoms with Crippen molar-refractivity contribution in [2.45, 2.75) is 6.82 Å². The highest BCUT2D eigenvalue weighted by Crippen LogP contribution is 2.09. The van der Waals surface area contributed by atoms with Gasteiger partial charge in [-0.3, -0.25) is 5.32 Å². The lowest BCUT2D eigenvalue weighted by Crippen LogP contribution is -2.79. The molecule has 2 N–H and O–H groups in total. The highest BCUT2D eigenvalue weighted by atomic mass is 14.9. The number of fused-ring (bicyclic) bond motifs is 2. The molecular formula is C13H13BN+. The van der Waals surface area contributed by atoms with Crippen LogP contribution in [-0.2, 0) is 0 Å². The van der Waals surface area contributed by atoms with Crippen LogP contribution in [0.15, 0.2) is 48.5 Å². The van der Waals surface area contributed by atoms with Crippen LogP contribution in [0.2, 0.25) is 6.82 Å². The summed E-state index contributed by atoms with van der Waals surface area (Å²) >= 11 is 0. The van der Waals surface area contributed by atoms with E-state index in [1.54, 1.807) is 0 Å². The fraction of sp³-hybridized carbons (Fsp3) is 0.0769. The van der Waals surface area contributed by atoms with Crippen molar-refractivity contribution < 1.29 is 5.32 Å². The Bertz CT molecular complexity index is 462. The first-order chi connectivity index (χ1) is 7.36. The number of rotatable bonds is 0. The minimum atomic E-state index is 0.516. The zero-order chi connectivity index (χ0) is 10.3. The summed E-state index contributed by atoms with van der Waals surface area (Å²) in [4.78, 5) is 0. The Kier molecular flexibility index (Phi) is 1.89. The van der Waals surface area contributed by atoms with E-state index in [2.05, 4.69) is 60.7 Å². The molecule has 0 saturated heterocycles. The van der Waals surface area contributed by atoms with Gasteiger partial charge in [-0.15, -0.1) is 0 Å². The molecule has 3 rings (SSSR count). The molecule has 1 nitrogen and oxygen atoms in total. The van der Waals surface area contributed by atoms with Crippen molar-refractivity contribution in [2.24, 2.45) is 0 Å². The van der Waals surface area contributed by atoms with Gasteiger partial charge < -0.3 is 0 Å². The Balaban J connectivity index is 2.20. The molecule has 1 heterocycles. The molecule has 0 saturated carbocycles. The van der Waals surface area contributed by atoms with E-state index in [1.807, 2.05) is 0 Å². The Morgan fingerprint density at radius 2 is 1.27 bits per heavy atom. The maximum absolute atomic E-state index is 2.28. The summed E-state index contributed by atoms with van der Waals surface area (Å²) in [6.07, 6.45) is 0. The summed E-state index contributed by atoms with van der Waals surface area (Å²) in [6, 6.07) is 17.3. The monoisotopic (exact) mass is 194 g/mol. The molecule has 0 bridgehead atoms. The smallest absolute Gasteiger partial charge is 0.221 e. The Morgan fingerprint density at radius 3 is 1.80 bits per heavy atom. The summed E-state index contributed by atoms with van der Waals surface area (Å²) < 4.78 is 0. The van der Waals surface area contributed by atoms with Gasteiger partial charge in [0.25, 0.3) is 0 Å². The second kappa shape index (κ2) is 3.25. The van der Waals surface area contributed by atoms with Crippen molar-refractivity contribution in [3.05, 3.63) is 48.5 Å². The molecule has 2 heteroatoms. The van der Waals surface area contributed by atoms with Crippen molar-refractivity contribution >= 4 is 29.0 Å². The van der Waals surface area contributed by atoms with Gasteiger partial charge in [0.1, 0.15) is 11.4 Å². The molecule has 0 radical (unpaired) electrons. The Morgan fingerprint density at radius 1 is 0.800 bits per heavy atom. The summed E-state index contributed by atoms with van der Waals surface area (Å²) in [5.41, 5.74) is 5.61. The number of benzene rings is 2. The normalized spacial score (nSPS) is 13.3. The van der Waals surface area contributed by atoms with Crippen LogP contribution in [0.1, 0.15) is 0 Å². The summed E-state index contributed by atoms with van der Waals surface area (Å²) in [5, 5.41) is 2.28. The van der Waals surface area contributed by atoms with Gasteiger partial charge in [-0.1, -0.05) is 43.2 Å². The molecule has 2 aromatic carbocycles. The molecular weight excluding hydrogens is 181 g/mol. The first-order valence-electron chi connectivity index (χ1n) is 5.39. The maximum atomic E-state index is 2.28. The third-order valence-corrected chi connectivity index (χ3v) is 3.24. The highest BCUT2D eigenvalue weighted by Gasteiger charge is 2.27. The third kappa shape index (κ3) is 1.30. The minimum absolute atomic E-state index is 0.516. The van der Waals surface area contributed by atoms with Crippen LogP contribution in [0.5, 0.6) is 0 Å². The van der Waals surface area contributed by atoms with E-state index in [0.29, 0.717) is 6.71 Å². The predicted molar refractivity (Wildman–Crippen MR) is 65.0 cm³/mol. The number of quaternary nitrogens is 1. The number of para-hydroxylation sites is 2. The van der Waals surface area contributed by atoms with Gasteiger partial charge in [0.05, 0.1) is 0 Å². The van der Waals surface area contributed by atoms with Crippen molar-refractivity contribution in [2.75, 3.05) is 0 Å². The van der Waals surface area contributed by atoms with E-state index in [4.69, 9.17) is 0 Å². The van der Waals surface area contributed by atoms with Gasteiger partial charge in [-0.25, -0.2) is 0 Å². The Hall–Kier alpha value is -1.54. The maximum Gasteiger partial charge on any atom is 0.221 e. The van der Waals surface area contributed by atoms with E-state index < -0.39 is 0 Å². The molecule has 1 aliphatic rings. The van der Waals surface area contributed by atoms with Crippen LogP contribution >= 0.6 is 0 Å². The molecule has 1 aliphatic heterocycles. The van der Waals surface area contributed by atoms with Crippen molar-refractivity contribution in [1.82, 2.24) is 0 Å². The van der Waals surface area contributed by atoms with E-state index in [9.17, 15) is 0 Å². The summed E-state index contributed by atoms with van der Waals surface area (Å²) in [5.74, 6) is 0. The second-order valence-corrected chi connectivity index (χ2v) is 4.12. The van der Waals surface area contributed by atoms with Gasteiger partial charge in [0.15, 0.2) is 0 Å². The number of hydrogen-bond donors (Lipinski definition) is 1. The standard InChI is InChI=1S/C13H12BN/c1-14-10-6-2-4-8-12(10)15-13-9-5-3-7-11(13)14/h2-9,15H,1H3/p+1. The molecule has 0 fully saturated rings. The SMILES string of the molecule is CB1c2ccccc2[NH2+]c2ccccc21. The first kappa shape index (κ1) is 8.75. The average Bonchev–Trinajstić information content (AvgIpc) is 2.30. The van der Waals surface area contributed by atoms with Crippen LogP contribution in [0.4, 0.5) is 11.4 Å². The predicted octanol–water partition coefficient (Wildman–Crippen LogP) is 0.765. The van der Waals surface area contributed by atoms with Crippen molar-refractivity contribution in [1.29, 1.82) is 0 Å². The molecule has 0 unspecified atom stereocenters. The molecule has 0 aromatic heterocycles. The lowest BCUT2D eigenvalue weighted by molar-refractivity contribution is -0.477. The average molecular weight is 194 g/mol. The van der Waals surface area contributed by atoms with Gasteiger partial charge in [0, 0.05) is 0 Å². The number of hydrogen-bond acceptors (Lipinski definition) is 0. The third-order valence-electron chi connectivity index (χ3n) is 3.24. The summed E-state index contributed by atoms with van der Waals surface area (Å²) in [6.45, 7) is 2.80. The van der Waals surface area contributed by atoms with E-state index in [1.165, 1.54) is 22.3 Å². The zero-order valence-electron chi connectivity index (χ0n) is 8.77. The zero-order valence-corrected chi connectivity index (χ0v) is 8.77. The van der Waals surface area contributed by atoms with Gasteiger partial charge in [-0.05, 0) is 23.1 Å². The molecule has 0 amide bonds. The Labute approximate surface area is 90.2 Å². The topological polar surface area (TPSA) is 16.6 Å². The van der Waals surface area contributed by atoms with Gasteiger partial charge in [0.2, 0.25) is 6.71 Å². The fourth-order valence-electron chi connectivity index (χ4n) is 2.41. The van der Waals surface area contributed by atoms with Gasteiger partial charge >= 0.3 is 0 Å². The van der Waals surface area contributed by atoms with Crippen LogP contribution in [0, 0.1) is 0 Å². The lowest BCUT2D eigenvalue weighted by atomic mass is 9.41. The van der Waals surface area contributed by atoms with Gasteiger partial charge in [-0.2, -0.15) is 0 Å². The molecule has 0 aliphatic carbocycles. The van der Waals surface area contributed by atoms with E-state index in [0.717, 1.165) is 0 Å². The number of nitrogens with two attached hydrogens (primary N) is 1. The largest absolute Gasteiger partial charge is 0.282 e. The van der Waals surface area contributed by atoms with Crippen molar-refractivity contribution in [3.63, 3.8) is 0 Å². The van der Waals surface area contributed by atoms with Crippen LogP contribution in [0.3, 0.4) is 0 Å². The summed E-state index contributed by atoms with van der Waals surface area (Å²) in [7, 11) is 0. The van der Waals surface area contributed by atoms with Crippen LogP contribution in [-0.4, -0.2) is 6.71 Å². The molecule has 72 valence electrons. The fourth-order valence-corrected chi connectivity index (χ4v) is 2.41. The minimum Gasteiger partial charge on any atom is -0.282 e. The van der Waals surface area contributed by atoms with Crippen LogP contribution in [0.25, 0.3) is 0 Å². The van der Waals surface area contributed by atoms with Crippen molar-refractivity contribution in [3.8, 4) is 0 Å². The lowest BCUT2D eigenvalue weighted by Gasteiger charge is -2.20. The molecule has 0 atom stereocenters. The highest BCUT2D eigenvalue weighted by molar-refractivity contribution is 6.86. The molecule has 2 aromatic rings. The van der Waals surface area contributed by atoms with Crippen LogP contribution < -0.4 is 16.2 Å². The van der Waals surface area contributed by atoms with E-state index in [-0.39, 0.29) is 0 Å². The molecule has 15 heavy (non-hydrogen) atoms.